The third-order valence-electron chi connectivity index (χ3n) is 2.33. The van der Waals surface area contributed by atoms with Gasteiger partial charge in [0.15, 0.2) is 5.22 Å². The zero-order valence-electron chi connectivity index (χ0n) is 8.45. The molecule has 7 heteroatoms. The molecule has 0 aliphatic heterocycles. The number of rotatable bonds is 3. The predicted molar refractivity (Wildman–Crippen MR) is 63.8 cm³/mol. The lowest BCUT2D eigenvalue weighted by Crippen LogP contribution is -2.30. The lowest BCUT2D eigenvalue weighted by molar-refractivity contribution is 0.541. The van der Waals surface area contributed by atoms with Crippen molar-refractivity contribution in [3.63, 3.8) is 0 Å². The molecule has 2 aromatic heterocycles. The highest BCUT2D eigenvalue weighted by molar-refractivity contribution is 9.10. The van der Waals surface area contributed by atoms with Gasteiger partial charge in [-0.2, -0.15) is 5.10 Å². The average molecular weight is 306 g/mol. The number of nitrogens with two attached hydrogens (primary N) is 1. The van der Waals surface area contributed by atoms with Crippen LogP contribution in [0.25, 0.3) is 0 Å². The molecule has 2 rings (SSSR count). The van der Waals surface area contributed by atoms with Gasteiger partial charge in [-0.1, -0.05) is 0 Å². The van der Waals surface area contributed by atoms with Gasteiger partial charge in [0.2, 0.25) is 0 Å². The first-order valence-corrected chi connectivity index (χ1v) is 5.68. The molecular formula is C9H10BrClN4O. The highest BCUT2D eigenvalue weighted by Gasteiger charge is 2.23. The monoisotopic (exact) mass is 304 g/mol. The van der Waals surface area contributed by atoms with Crippen LogP contribution in [0.1, 0.15) is 17.3 Å². The van der Waals surface area contributed by atoms with Crippen LogP contribution in [0.5, 0.6) is 0 Å². The van der Waals surface area contributed by atoms with Crippen LogP contribution >= 0.6 is 27.5 Å². The maximum Gasteiger partial charge on any atom is 0.198 e. The quantitative estimate of drug-likeness (QED) is 0.672. The van der Waals surface area contributed by atoms with Gasteiger partial charge in [0.25, 0.3) is 0 Å². The van der Waals surface area contributed by atoms with Crippen molar-refractivity contribution in [2.75, 3.05) is 0 Å². The van der Waals surface area contributed by atoms with Crippen LogP contribution < -0.4 is 11.3 Å². The summed E-state index contributed by atoms with van der Waals surface area (Å²) in [6, 6.07) is 1.50. The molecule has 0 aliphatic rings. The Morgan fingerprint density at radius 1 is 1.69 bits per heavy atom. The lowest BCUT2D eigenvalue weighted by Gasteiger charge is -2.15. The van der Waals surface area contributed by atoms with Crippen molar-refractivity contribution in [1.29, 1.82) is 0 Å². The maximum atomic E-state index is 5.93. The third-order valence-corrected chi connectivity index (χ3v) is 3.25. The van der Waals surface area contributed by atoms with Gasteiger partial charge in [0, 0.05) is 12.6 Å². The summed E-state index contributed by atoms with van der Waals surface area (Å²) in [7, 11) is 1.83. The number of hydrazine groups is 1. The highest BCUT2D eigenvalue weighted by atomic mass is 79.9. The number of furan rings is 1. The van der Waals surface area contributed by atoms with Gasteiger partial charge in [-0.3, -0.25) is 10.5 Å². The minimum atomic E-state index is -0.270. The molecule has 0 saturated heterocycles. The predicted octanol–water partition coefficient (Wildman–Crippen LogP) is 1.98. The molecule has 0 radical (unpaired) electrons. The fourth-order valence-corrected chi connectivity index (χ4v) is 2.37. The third kappa shape index (κ3) is 1.89. The zero-order chi connectivity index (χ0) is 11.7. The molecule has 2 aromatic rings. The Labute approximate surface area is 106 Å². The Bertz CT molecular complexity index is 476. The fraction of sp³-hybridized carbons (Fsp3) is 0.222. The van der Waals surface area contributed by atoms with E-state index in [4.69, 9.17) is 21.9 Å². The molecule has 2 heterocycles. The number of aryl methyl sites for hydroxylation is 1. The molecule has 5 nitrogen and oxygen atoms in total. The van der Waals surface area contributed by atoms with E-state index in [-0.39, 0.29) is 6.04 Å². The van der Waals surface area contributed by atoms with Crippen LogP contribution in [-0.2, 0) is 7.05 Å². The van der Waals surface area contributed by atoms with Crippen molar-refractivity contribution < 1.29 is 4.42 Å². The average Bonchev–Trinajstić information content (AvgIpc) is 2.80. The van der Waals surface area contributed by atoms with Crippen molar-refractivity contribution in [3.05, 3.63) is 39.5 Å². The second-order valence-electron chi connectivity index (χ2n) is 3.25. The van der Waals surface area contributed by atoms with Gasteiger partial charge in [-0.25, -0.2) is 5.43 Å². The summed E-state index contributed by atoms with van der Waals surface area (Å²) < 4.78 is 7.63. The van der Waals surface area contributed by atoms with Crippen molar-refractivity contribution in [2.45, 2.75) is 6.04 Å². The molecule has 0 bridgehead atoms. The largest absolute Gasteiger partial charge is 0.453 e. The second kappa shape index (κ2) is 4.58. The molecule has 0 spiro atoms. The molecular weight excluding hydrogens is 295 g/mol. The summed E-state index contributed by atoms with van der Waals surface area (Å²) in [6.45, 7) is 0. The van der Waals surface area contributed by atoms with E-state index in [0.717, 1.165) is 15.7 Å². The molecule has 86 valence electrons. The van der Waals surface area contributed by atoms with Crippen LogP contribution in [0, 0.1) is 0 Å². The van der Waals surface area contributed by atoms with Crippen LogP contribution in [0.2, 0.25) is 5.22 Å². The summed E-state index contributed by atoms with van der Waals surface area (Å²) in [5, 5.41) is 4.44. The van der Waals surface area contributed by atoms with Gasteiger partial charge >= 0.3 is 0 Å². The second-order valence-corrected chi connectivity index (χ2v) is 4.45. The van der Waals surface area contributed by atoms with Gasteiger partial charge < -0.3 is 4.42 Å². The molecule has 16 heavy (non-hydrogen) atoms. The number of nitrogens with one attached hydrogen (secondary N) is 1. The lowest BCUT2D eigenvalue weighted by atomic mass is 10.1. The first-order valence-electron chi connectivity index (χ1n) is 4.51. The van der Waals surface area contributed by atoms with E-state index >= 15 is 0 Å². The van der Waals surface area contributed by atoms with E-state index in [1.54, 1.807) is 16.9 Å². The maximum absolute atomic E-state index is 5.93. The SMILES string of the molecule is Cn1ncc(Br)c1C(NN)c1ccoc1Cl. The Hall–Kier alpha value is -0.820. The highest BCUT2D eigenvalue weighted by Crippen LogP contribution is 2.32. The van der Waals surface area contributed by atoms with Crippen molar-refractivity contribution in [1.82, 2.24) is 15.2 Å². The molecule has 3 N–H and O–H groups in total. The topological polar surface area (TPSA) is 69.0 Å². The number of halogens is 2. The van der Waals surface area contributed by atoms with E-state index in [9.17, 15) is 0 Å². The Kier molecular flexibility index (Phi) is 3.34. The minimum absolute atomic E-state index is 0.270. The standard InChI is InChI=1S/C9H10BrClN4O/c1-15-8(6(10)4-13-15)7(14-12)5-2-3-16-9(5)11/h2-4,7,14H,12H2,1H3. The smallest absolute Gasteiger partial charge is 0.198 e. The summed E-state index contributed by atoms with van der Waals surface area (Å²) in [6.07, 6.45) is 3.22. The van der Waals surface area contributed by atoms with Crippen molar-refractivity contribution in [2.24, 2.45) is 12.9 Å². The Balaban J connectivity index is 2.49. The first-order chi connectivity index (χ1) is 7.65. The summed E-state index contributed by atoms with van der Waals surface area (Å²) in [5.74, 6) is 5.55. The molecule has 0 amide bonds. The Morgan fingerprint density at radius 2 is 2.44 bits per heavy atom. The van der Waals surface area contributed by atoms with Crippen LogP contribution in [-0.4, -0.2) is 9.78 Å². The van der Waals surface area contributed by atoms with E-state index in [2.05, 4.69) is 26.5 Å². The van der Waals surface area contributed by atoms with E-state index in [1.807, 2.05) is 7.05 Å². The van der Waals surface area contributed by atoms with E-state index in [0.29, 0.717) is 5.22 Å². The van der Waals surface area contributed by atoms with E-state index in [1.165, 1.54) is 6.26 Å². The van der Waals surface area contributed by atoms with Crippen LogP contribution in [0.15, 0.2) is 27.4 Å². The minimum Gasteiger partial charge on any atom is -0.453 e. The normalized spacial score (nSPS) is 13.0. The number of hydrogen-bond donors (Lipinski definition) is 2. The fourth-order valence-electron chi connectivity index (χ4n) is 1.57. The summed E-state index contributed by atoms with van der Waals surface area (Å²) >= 11 is 9.34. The molecule has 0 aromatic carbocycles. The zero-order valence-corrected chi connectivity index (χ0v) is 10.8. The summed E-state index contributed by atoms with van der Waals surface area (Å²) in [4.78, 5) is 0. The van der Waals surface area contributed by atoms with Crippen LogP contribution in [0.3, 0.4) is 0 Å². The van der Waals surface area contributed by atoms with E-state index < -0.39 is 0 Å². The molecule has 1 unspecified atom stereocenters. The van der Waals surface area contributed by atoms with Crippen molar-refractivity contribution in [3.8, 4) is 0 Å². The van der Waals surface area contributed by atoms with Gasteiger partial charge in [0.05, 0.1) is 28.7 Å². The van der Waals surface area contributed by atoms with Gasteiger partial charge in [-0.15, -0.1) is 0 Å². The first kappa shape index (κ1) is 11.7. The molecule has 0 saturated carbocycles. The number of nitrogens with zero attached hydrogens (tertiary/aromatic N) is 2. The van der Waals surface area contributed by atoms with Gasteiger partial charge in [-0.05, 0) is 33.6 Å². The Morgan fingerprint density at radius 3 is 2.88 bits per heavy atom. The summed E-state index contributed by atoms with van der Waals surface area (Å²) in [5.41, 5.74) is 4.35. The number of hydrogen-bond acceptors (Lipinski definition) is 4. The number of aromatic nitrogens is 2. The van der Waals surface area contributed by atoms with Crippen molar-refractivity contribution >= 4 is 27.5 Å². The van der Waals surface area contributed by atoms with Gasteiger partial charge in [0.1, 0.15) is 0 Å². The molecule has 1 atom stereocenters. The van der Waals surface area contributed by atoms with Crippen LogP contribution in [0.4, 0.5) is 0 Å². The molecule has 0 aliphatic carbocycles. The molecule has 0 fully saturated rings.